The lowest BCUT2D eigenvalue weighted by Gasteiger charge is -2.05. The summed E-state index contributed by atoms with van der Waals surface area (Å²) >= 11 is 5.75. The van der Waals surface area contributed by atoms with Gasteiger partial charge in [-0.25, -0.2) is 4.98 Å². The van der Waals surface area contributed by atoms with E-state index in [0.717, 1.165) is 11.3 Å². The van der Waals surface area contributed by atoms with E-state index in [9.17, 15) is 0 Å². The molecular weight excluding hydrogens is 254 g/mol. The van der Waals surface area contributed by atoms with Gasteiger partial charge in [0.05, 0.1) is 6.20 Å². The number of pyridine rings is 1. The third kappa shape index (κ3) is 1.91. The predicted octanol–water partition coefficient (Wildman–Crippen LogP) is 1.50. The topological polar surface area (TPSA) is 94.0 Å². The Labute approximate surface area is 107 Å². The van der Waals surface area contributed by atoms with E-state index in [1.807, 2.05) is 18.3 Å². The van der Waals surface area contributed by atoms with Gasteiger partial charge in [-0.2, -0.15) is 4.98 Å². The Morgan fingerprint density at radius 2 is 2.28 bits per heavy atom. The summed E-state index contributed by atoms with van der Waals surface area (Å²) < 4.78 is 1.79. The fourth-order valence-corrected chi connectivity index (χ4v) is 1.56. The molecule has 0 atom stereocenters. The van der Waals surface area contributed by atoms with Crippen LogP contribution in [0.15, 0.2) is 30.9 Å². The van der Waals surface area contributed by atoms with Gasteiger partial charge < -0.3 is 11.1 Å². The molecular formula is C10H8ClN7. The zero-order valence-corrected chi connectivity index (χ0v) is 9.83. The minimum Gasteiger partial charge on any atom is -0.382 e. The quantitative estimate of drug-likeness (QED) is 0.726. The van der Waals surface area contributed by atoms with Crippen molar-refractivity contribution in [2.75, 3.05) is 11.1 Å². The summed E-state index contributed by atoms with van der Waals surface area (Å²) in [6.45, 7) is 0. The molecule has 0 fully saturated rings. The van der Waals surface area contributed by atoms with Crippen LogP contribution in [-0.4, -0.2) is 24.6 Å². The fraction of sp³-hybridized carbons (Fsp3) is 0. The van der Waals surface area contributed by atoms with Crippen LogP contribution in [0.2, 0.25) is 5.02 Å². The van der Waals surface area contributed by atoms with Crippen molar-refractivity contribution in [3.63, 3.8) is 0 Å². The summed E-state index contributed by atoms with van der Waals surface area (Å²) in [7, 11) is 0. The van der Waals surface area contributed by atoms with Gasteiger partial charge in [-0.05, 0) is 6.07 Å². The molecule has 7 nitrogen and oxygen atoms in total. The molecule has 90 valence electrons. The fourth-order valence-electron chi connectivity index (χ4n) is 1.46. The van der Waals surface area contributed by atoms with Crippen molar-refractivity contribution >= 4 is 34.7 Å². The van der Waals surface area contributed by atoms with Crippen molar-refractivity contribution in [1.29, 1.82) is 0 Å². The maximum atomic E-state index is 5.75. The van der Waals surface area contributed by atoms with Crippen LogP contribution in [0.5, 0.6) is 0 Å². The van der Waals surface area contributed by atoms with Gasteiger partial charge in [0.1, 0.15) is 17.2 Å². The number of hydrogen-bond acceptors (Lipinski definition) is 6. The first-order valence-electron chi connectivity index (χ1n) is 5.07. The highest BCUT2D eigenvalue weighted by atomic mass is 35.5. The molecule has 3 aromatic rings. The Kier molecular flexibility index (Phi) is 2.45. The Bertz CT molecular complexity index is 708. The van der Waals surface area contributed by atoms with Gasteiger partial charge in [0, 0.05) is 18.0 Å². The molecule has 0 unspecified atom stereocenters. The second kappa shape index (κ2) is 4.11. The summed E-state index contributed by atoms with van der Waals surface area (Å²) in [5, 5.41) is 11.1. The van der Waals surface area contributed by atoms with Gasteiger partial charge in [0.15, 0.2) is 5.65 Å². The SMILES string of the molecule is Nc1nc(Nc2ccn3cnnc3c2)ncc1Cl. The van der Waals surface area contributed by atoms with E-state index in [4.69, 9.17) is 17.3 Å². The first kappa shape index (κ1) is 10.7. The van der Waals surface area contributed by atoms with Crippen LogP contribution in [0.1, 0.15) is 0 Å². The number of fused-ring (bicyclic) bond motifs is 1. The molecule has 3 N–H and O–H groups in total. The van der Waals surface area contributed by atoms with E-state index < -0.39 is 0 Å². The first-order valence-corrected chi connectivity index (χ1v) is 5.44. The molecule has 0 amide bonds. The Morgan fingerprint density at radius 3 is 3.11 bits per heavy atom. The zero-order valence-electron chi connectivity index (χ0n) is 9.08. The minimum absolute atomic E-state index is 0.234. The average Bonchev–Trinajstić information content (AvgIpc) is 2.81. The van der Waals surface area contributed by atoms with Crippen LogP contribution in [0.3, 0.4) is 0 Å². The molecule has 0 spiro atoms. The Morgan fingerprint density at radius 1 is 1.39 bits per heavy atom. The van der Waals surface area contributed by atoms with E-state index in [0.29, 0.717) is 11.0 Å². The summed E-state index contributed by atoms with van der Waals surface area (Å²) in [4.78, 5) is 8.04. The van der Waals surface area contributed by atoms with Crippen LogP contribution in [0, 0.1) is 0 Å². The van der Waals surface area contributed by atoms with Crippen molar-refractivity contribution in [2.24, 2.45) is 0 Å². The highest BCUT2D eigenvalue weighted by Gasteiger charge is 2.03. The molecule has 3 aromatic heterocycles. The molecule has 0 radical (unpaired) electrons. The van der Waals surface area contributed by atoms with Gasteiger partial charge in [-0.3, -0.25) is 4.40 Å². The van der Waals surface area contributed by atoms with Crippen molar-refractivity contribution < 1.29 is 0 Å². The first-order chi connectivity index (χ1) is 8.72. The van der Waals surface area contributed by atoms with Crippen molar-refractivity contribution in [1.82, 2.24) is 24.6 Å². The van der Waals surface area contributed by atoms with E-state index in [1.54, 1.807) is 10.7 Å². The lowest BCUT2D eigenvalue weighted by atomic mass is 10.4. The Balaban J connectivity index is 1.92. The summed E-state index contributed by atoms with van der Waals surface area (Å²) in [5.41, 5.74) is 7.11. The third-order valence-electron chi connectivity index (χ3n) is 2.33. The number of anilines is 3. The van der Waals surface area contributed by atoms with Crippen molar-refractivity contribution in [3.05, 3.63) is 35.9 Å². The molecule has 0 aromatic carbocycles. The largest absolute Gasteiger partial charge is 0.382 e. The van der Waals surface area contributed by atoms with Gasteiger partial charge in [0.25, 0.3) is 0 Å². The molecule has 0 bridgehead atoms. The normalized spacial score (nSPS) is 10.7. The van der Waals surface area contributed by atoms with E-state index in [-0.39, 0.29) is 5.82 Å². The number of nitrogens with two attached hydrogens (primary N) is 1. The summed E-state index contributed by atoms with van der Waals surface area (Å²) in [6.07, 6.45) is 4.90. The van der Waals surface area contributed by atoms with Gasteiger partial charge in [0.2, 0.25) is 5.95 Å². The molecule has 0 saturated carbocycles. The molecule has 0 aliphatic carbocycles. The number of nitrogens with one attached hydrogen (secondary N) is 1. The maximum Gasteiger partial charge on any atom is 0.229 e. The van der Waals surface area contributed by atoms with Crippen LogP contribution < -0.4 is 11.1 Å². The number of rotatable bonds is 2. The zero-order chi connectivity index (χ0) is 12.5. The third-order valence-corrected chi connectivity index (χ3v) is 2.62. The minimum atomic E-state index is 0.234. The smallest absolute Gasteiger partial charge is 0.229 e. The summed E-state index contributed by atoms with van der Waals surface area (Å²) in [5.74, 6) is 0.610. The van der Waals surface area contributed by atoms with Gasteiger partial charge in [-0.15, -0.1) is 10.2 Å². The second-order valence-corrected chi connectivity index (χ2v) is 3.97. The van der Waals surface area contributed by atoms with Crippen molar-refractivity contribution in [2.45, 2.75) is 0 Å². The highest BCUT2D eigenvalue weighted by Crippen LogP contribution is 2.19. The number of aromatic nitrogens is 5. The van der Waals surface area contributed by atoms with Crippen molar-refractivity contribution in [3.8, 4) is 0 Å². The van der Waals surface area contributed by atoms with Crippen LogP contribution in [0.4, 0.5) is 17.5 Å². The van der Waals surface area contributed by atoms with Gasteiger partial charge in [-0.1, -0.05) is 11.6 Å². The molecule has 0 aliphatic rings. The molecule has 0 aliphatic heterocycles. The monoisotopic (exact) mass is 261 g/mol. The molecule has 3 heterocycles. The van der Waals surface area contributed by atoms with Crippen LogP contribution in [0.25, 0.3) is 5.65 Å². The van der Waals surface area contributed by atoms with Crippen LogP contribution >= 0.6 is 11.6 Å². The molecule has 3 rings (SSSR count). The van der Waals surface area contributed by atoms with Gasteiger partial charge >= 0.3 is 0 Å². The highest BCUT2D eigenvalue weighted by molar-refractivity contribution is 6.32. The maximum absolute atomic E-state index is 5.75. The number of halogens is 1. The Hall–Kier alpha value is -2.41. The second-order valence-electron chi connectivity index (χ2n) is 3.56. The van der Waals surface area contributed by atoms with E-state index >= 15 is 0 Å². The standard InChI is InChI=1S/C10H8ClN7/c11-7-4-13-10(16-9(7)12)15-6-1-2-18-5-14-17-8(18)3-6/h1-5H,(H3,12,13,15,16). The number of nitrogens with zero attached hydrogens (tertiary/aromatic N) is 5. The number of hydrogen-bond donors (Lipinski definition) is 2. The lowest BCUT2D eigenvalue weighted by molar-refractivity contribution is 1.10. The molecule has 8 heteroatoms. The molecule has 0 saturated heterocycles. The van der Waals surface area contributed by atoms with E-state index in [1.165, 1.54) is 6.20 Å². The lowest BCUT2D eigenvalue weighted by Crippen LogP contribution is -2.00. The van der Waals surface area contributed by atoms with Crippen LogP contribution in [-0.2, 0) is 0 Å². The molecule has 18 heavy (non-hydrogen) atoms. The predicted molar refractivity (Wildman–Crippen MR) is 67.7 cm³/mol. The number of nitrogen functional groups attached to an aromatic ring is 1. The van der Waals surface area contributed by atoms with E-state index in [2.05, 4.69) is 25.5 Å². The summed E-state index contributed by atoms with van der Waals surface area (Å²) in [6, 6.07) is 3.67. The average molecular weight is 262 g/mol.